The van der Waals surface area contributed by atoms with Crippen molar-refractivity contribution in [1.29, 1.82) is 0 Å². The predicted molar refractivity (Wildman–Crippen MR) is 65.8 cm³/mol. The molecule has 2 N–H and O–H groups in total. The maximum absolute atomic E-state index is 11.6. The number of hydrogen-bond acceptors (Lipinski definition) is 3. The average molecular weight is 239 g/mol. The summed E-state index contributed by atoms with van der Waals surface area (Å²) in [7, 11) is 0. The van der Waals surface area contributed by atoms with Crippen molar-refractivity contribution >= 4 is 16.9 Å². The van der Waals surface area contributed by atoms with Crippen molar-refractivity contribution < 1.29 is 9.66 Å². The number of anilines is 1. The summed E-state index contributed by atoms with van der Waals surface area (Å²) in [5.41, 5.74) is 1.81. The van der Waals surface area contributed by atoms with Gasteiger partial charge in [-0.3, -0.25) is 0 Å². The number of aliphatic hydroxyl groups is 1. The third-order valence-corrected chi connectivity index (χ3v) is 4.10. The molecule has 0 aromatic heterocycles. The van der Waals surface area contributed by atoms with E-state index in [0.717, 1.165) is 35.4 Å². The third kappa shape index (κ3) is 2.34. The summed E-state index contributed by atoms with van der Waals surface area (Å²) < 4.78 is 11.6. The topological polar surface area (TPSA) is 55.3 Å². The number of benzene rings is 1. The minimum atomic E-state index is -0.953. The lowest BCUT2D eigenvalue weighted by Gasteiger charge is -2.11. The normalized spacial score (nSPS) is 20.3. The summed E-state index contributed by atoms with van der Waals surface area (Å²) in [5.74, 6) is 0.490. The highest BCUT2D eigenvalue weighted by molar-refractivity contribution is 7.92. The van der Waals surface area contributed by atoms with E-state index in [9.17, 15) is 9.66 Å². The van der Waals surface area contributed by atoms with Crippen molar-refractivity contribution in [2.75, 3.05) is 11.2 Å². The van der Waals surface area contributed by atoms with Gasteiger partial charge in [-0.25, -0.2) is 0 Å². The van der Waals surface area contributed by atoms with E-state index in [0.29, 0.717) is 5.88 Å². The molecule has 3 nitrogen and oxygen atoms in total. The molecule has 0 radical (unpaired) electrons. The van der Waals surface area contributed by atoms with Crippen LogP contribution in [0.15, 0.2) is 23.1 Å². The minimum absolute atomic E-state index is 0.428. The van der Waals surface area contributed by atoms with Gasteiger partial charge in [-0.1, -0.05) is 25.8 Å². The van der Waals surface area contributed by atoms with Gasteiger partial charge in [0.05, 0.1) is 11.8 Å². The van der Waals surface area contributed by atoms with Crippen molar-refractivity contribution in [2.45, 2.75) is 37.2 Å². The molecule has 0 saturated carbocycles. The second kappa shape index (κ2) is 5.08. The van der Waals surface area contributed by atoms with Crippen molar-refractivity contribution in [2.24, 2.45) is 0 Å². The smallest absolute Gasteiger partial charge is 0.181 e. The SMILES string of the molecule is CCCCC(O)c1ccc2c(c1)[S+]([O-])CN2. The summed E-state index contributed by atoms with van der Waals surface area (Å²) in [6.45, 7) is 2.11. The Morgan fingerprint density at radius 2 is 2.38 bits per heavy atom. The molecule has 1 aromatic rings. The number of nitrogens with one attached hydrogen (secondary N) is 1. The van der Waals surface area contributed by atoms with Crippen LogP contribution in [-0.4, -0.2) is 15.5 Å². The van der Waals surface area contributed by atoms with E-state index in [-0.39, 0.29) is 0 Å². The minimum Gasteiger partial charge on any atom is -0.610 e. The van der Waals surface area contributed by atoms with Crippen LogP contribution in [-0.2, 0) is 11.2 Å². The van der Waals surface area contributed by atoms with E-state index >= 15 is 0 Å². The van der Waals surface area contributed by atoms with Crippen LogP contribution in [0.1, 0.15) is 37.9 Å². The Labute approximate surface area is 99.1 Å². The van der Waals surface area contributed by atoms with E-state index < -0.39 is 17.3 Å². The number of aliphatic hydroxyl groups excluding tert-OH is 1. The van der Waals surface area contributed by atoms with E-state index in [4.69, 9.17) is 0 Å². The Morgan fingerprint density at radius 3 is 3.12 bits per heavy atom. The fraction of sp³-hybridized carbons (Fsp3) is 0.500. The van der Waals surface area contributed by atoms with Crippen LogP contribution < -0.4 is 5.32 Å². The van der Waals surface area contributed by atoms with Gasteiger partial charge in [0, 0.05) is 17.2 Å². The maximum atomic E-state index is 11.6. The molecule has 0 spiro atoms. The van der Waals surface area contributed by atoms with E-state index in [1.54, 1.807) is 0 Å². The Bertz CT molecular complexity index is 370. The van der Waals surface area contributed by atoms with E-state index in [1.807, 2.05) is 18.2 Å². The first-order chi connectivity index (χ1) is 7.72. The van der Waals surface area contributed by atoms with Crippen molar-refractivity contribution in [3.8, 4) is 0 Å². The molecule has 4 heteroatoms. The quantitative estimate of drug-likeness (QED) is 0.793. The third-order valence-electron chi connectivity index (χ3n) is 2.86. The molecule has 1 heterocycles. The number of rotatable bonds is 4. The lowest BCUT2D eigenvalue weighted by Crippen LogP contribution is -2.03. The van der Waals surface area contributed by atoms with Crippen LogP contribution in [0.4, 0.5) is 5.69 Å². The summed E-state index contributed by atoms with van der Waals surface area (Å²) in [6, 6.07) is 5.69. The second-order valence-electron chi connectivity index (χ2n) is 4.08. The number of fused-ring (bicyclic) bond motifs is 1. The summed E-state index contributed by atoms with van der Waals surface area (Å²) in [5, 5.41) is 13.0. The monoisotopic (exact) mass is 239 g/mol. The molecule has 1 aliphatic rings. The van der Waals surface area contributed by atoms with Crippen molar-refractivity contribution in [3.63, 3.8) is 0 Å². The first-order valence-corrected chi connectivity index (χ1v) is 6.98. The molecule has 2 atom stereocenters. The lowest BCUT2D eigenvalue weighted by molar-refractivity contribution is 0.164. The zero-order chi connectivity index (χ0) is 11.5. The van der Waals surface area contributed by atoms with Crippen LogP contribution >= 0.6 is 0 Å². The Hall–Kier alpha value is -0.710. The van der Waals surface area contributed by atoms with Gasteiger partial charge in [0.25, 0.3) is 0 Å². The van der Waals surface area contributed by atoms with Crippen LogP contribution in [0, 0.1) is 0 Å². The highest BCUT2D eigenvalue weighted by Crippen LogP contribution is 2.32. The standard InChI is InChI=1S/C12H17NO2S/c1-2-3-4-11(14)9-5-6-10-12(7-9)16(15)8-13-10/h5-7,11,13-14H,2-4,8H2,1H3. The van der Waals surface area contributed by atoms with Crippen molar-refractivity contribution in [3.05, 3.63) is 23.8 Å². The first-order valence-electron chi connectivity index (χ1n) is 5.66. The molecule has 16 heavy (non-hydrogen) atoms. The molecule has 0 fully saturated rings. The molecule has 88 valence electrons. The van der Waals surface area contributed by atoms with E-state index in [2.05, 4.69) is 12.2 Å². The molecular weight excluding hydrogens is 222 g/mol. The molecule has 2 unspecified atom stereocenters. The Balaban J connectivity index is 2.14. The number of unbranched alkanes of at least 4 members (excludes halogenated alkanes) is 1. The summed E-state index contributed by atoms with van der Waals surface area (Å²) >= 11 is -0.953. The molecular formula is C12H17NO2S. The molecule has 0 aliphatic carbocycles. The molecule has 1 aliphatic heterocycles. The zero-order valence-electron chi connectivity index (χ0n) is 9.40. The number of hydrogen-bond donors (Lipinski definition) is 2. The van der Waals surface area contributed by atoms with Gasteiger partial charge in [-0.2, -0.15) is 0 Å². The summed E-state index contributed by atoms with van der Waals surface area (Å²) in [6.07, 6.45) is 2.44. The largest absolute Gasteiger partial charge is 0.610 e. The predicted octanol–water partition coefficient (Wildman–Crippen LogP) is 2.40. The highest BCUT2D eigenvalue weighted by Gasteiger charge is 2.24. The lowest BCUT2D eigenvalue weighted by atomic mass is 10.0. The highest BCUT2D eigenvalue weighted by atomic mass is 32.2. The van der Waals surface area contributed by atoms with Crippen LogP contribution in [0.3, 0.4) is 0 Å². The van der Waals surface area contributed by atoms with Gasteiger partial charge < -0.3 is 15.0 Å². The maximum Gasteiger partial charge on any atom is 0.181 e. The second-order valence-corrected chi connectivity index (χ2v) is 5.50. The molecule has 1 aromatic carbocycles. The van der Waals surface area contributed by atoms with Crippen molar-refractivity contribution in [1.82, 2.24) is 0 Å². The molecule has 0 saturated heterocycles. The van der Waals surface area contributed by atoms with Gasteiger partial charge >= 0.3 is 0 Å². The van der Waals surface area contributed by atoms with Gasteiger partial charge in [0.2, 0.25) is 0 Å². The van der Waals surface area contributed by atoms with Gasteiger partial charge in [0.15, 0.2) is 10.8 Å². The van der Waals surface area contributed by atoms with Gasteiger partial charge in [-0.05, 0) is 18.1 Å². The zero-order valence-corrected chi connectivity index (χ0v) is 10.2. The molecule has 0 bridgehead atoms. The molecule has 2 rings (SSSR count). The fourth-order valence-electron chi connectivity index (χ4n) is 1.87. The average Bonchev–Trinajstić information content (AvgIpc) is 2.67. The van der Waals surface area contributed by atoms with Crippen LogP contribution in [0.5, 0.6) is 0 Å². The summed E-state index contributed by atoms with van der Waals surface area (Å²) in [4.78, 5) is 0.827. The molecule has 0 amide bonds. The van der Waals surface area contributed by atoms with Crippen LogP contribution in [0.25, 0.3) is 0 Å². The van der Waals surface area contributed by atoms with E-state index in [1.165, 1.54) is 0 Å². The Kier molecular flexibility index (Phi) is 3.74. The van der Waals surface area contributed by atoms with Crippen LogP contribution in [0.2, 0.25) is 0 Å². The first kappa shape index (κ1) is 11.8. The van der Waals surface area contributed by atoms with Gasteiger partial charge in [-0.15, -0.1) is 0 Å². The Morgan fingerprint density at radius 1 is 1.56 bits per heavy atom. The van der Waals surface area contributed by atoms with Gasteiger partial charge in [0.1, 0.15) is 0 Å². The fourth-order valence-corrected chi connectivity index (χ4v) is 2.96.